The van der Waals surface area contributed by atoms with E-state index in [1.807, 2.05) is 25.1 Å². The highest BCUT2D eigenvalue weighted by molar-refractivity contribution is 6.02. The average Bonchev–Trinajstić information content (AvgIpc) is 2.95. The summed E-state index contributed by atoms with van der Waals surface area (Å²) in [5.41, 5.74) is 10.1. The number of rotatable bonds is 8. The molecule has 9 heteroatoms. The predicted molar refractivity (Wildman–Crippen MR) is 154 cm³/mol. The van der Waals surface area contributed by atoms with E-state index in [1.165, 1.54) is 0 Å². The molecule has 2 heterocycles. The first kappa shape index (κ1) is 27.6. The van der Waals surface area contributed by atoms with Crippen molar-refractivity contribution in [1.29, 1.82) is 0 Å². The van der Waals surface area contributed by atoms with Gasteiger partial charge in [-0.1, -0.05) is 24.8 Å². The summed E-state index contributed by atoms with van der Waals surface area (Å²) >= 11 is 0. The van der Waals surface area contributed by atoms with Crippen LogP contribution < -0.4 is 25.8 Å². The number of methoxy groups -OCH3 is 1. The number of aryl methyl sites for hydroxylation is 1. The monoisotopic (exact) mass is 552 g/mol. The molecule has 1 aliphatic heterocycles. The lowest BCUT2D eigenvalue weighted by Crippen LogP contribution is -2.42. The quantitative estimate of drug-likeness (QED) is 0.374. The average molecular weight is 553 g/mol. The van der Waals surface area contributed by atoms with Crippen LogP contribution >= 0.6 is 0 Å². The minimum Gasteiger partial charge on any atom is -0.496 e. The van der Waals surface area contributed by atoms with Gasteiger partial charge in [0.15, 0.2) is 5.78 Å². The first-order chi connectivity index (χ1) is 19.8. The Morgan fingerprint density at radius 3 is 2.68 bits per heavy atom. The number of aromatic nitrogens is 1. The Hall–Kier alpha value is -4.92. The summed E-state index contributed by atoms with van der Waals surface area (Å²) in [6.07, 6.45) is 3.47. The Labute approximate surface area is 238 Å². The SMILES string of the molecule is C=C1NC2=C(C(=O)CCC2)C(c2ccc(OC)c(COc3ccccc3C(N)=O)c2)C1C(=O)Nc1cc(C)ccn1. The van der Waals surface area contributed by atoms with Gasteiger partial charge in [-0.15, -0.1) is 0 Å². The molecule has 9 nitrogen and oxygen atoms in total. The van der Waals surface area contributed by atoms with Crippen LogP contribution in [0.15, 0.2) is 84.3 Å². The van der Waals surface area contributed by atoms with Crippen LogP contribution in [0.5, 0.6) is 11.5 Å². The van der Waals surface area contributed by atoms with E-state index in [9.17, 15) is 14.4 Å². The smallest absolute Gasteiger partial charge is 0.252 e. The molecule has 0 spiro atoms. The number of Topliss-reactive ketones (excluding diaryl/α,β-unsaturated/α-hetero) is 1. The number of primary amides is 1. The molecule has 5 rings (SSSR count). The van der Waals surface area contributed by atoms with Gasteiger partial charge in [-0.05, 0) is 67.3 Å². The summed E-state index contributed by atoms with van der Waals surface area (Å²) in [6.45, 7) is 6.18. The summed E-state index contributed by atoms with van der Waals surface area (Å²) in [6, 6.07) is 15.9. The third-order valence-corrected chi connectivity index (χ3v) is 7.44. The lowest BCUT2D eigenvalue weighted by Gasteiger charge is -2.38. The van der Waals surface area contributed by atoms with Gasteiger partial charge in [0, 0.05) is 41.1 Å². The van der Waals surface area contributed by atoms with Gasteiger partial charge >= 0.3 is 0 Å². The third-order valence-electron chi connectivity index (χ3n) is 7.44. The molecule has 2 unspecified atom stereocenters. The van der Waals surface area contributed by atoms with E-state index in [-0.39, 0.29) is 23.9 Å². The first-order valence-electron chi connectivity index (χ1n) is 13.4. The van der Waals surface area contributed by atoms with Crippen molar-refractivity contribution in [3.05, 3.63) is 107 Å². The molecule has 0 saturated heterocycles. The van der Waals surface area contributed by atoms with Gasteiger partial charge in [0.25, 0.3) is 5.91 Å². The number of nitrogens with one attached hydrogen (secondary N) is 2. The molecular formula is C32H32N4O5. The molecule has 0 radical (unpaired) electrons. The van der Waals surface area contributed by atoms with E-state index < -0.39 is 17.7 Å². The minimum absolute atomic E-state index is 0.00624. The number of hydrogen-bond acceptors (Lipinski definition) is 7. The zero-order valence-electron chi connectivity index (χ0n) is 23.0. The maximum absolute atomic E-state index is 13.8. The number of carbonyl (C=O) groups excluding carboxylic acids is 3. The highest BCUT2D eigenvalue weighted by atomic mass is 16.5. The zero-order chi connectivity index (χ0) is 29.1. The summed E-state index contributed by atoms with van der Waals surface area (Å²) in [7, 11) is 1.55. The number of hydrogen-bond donors (Lipinski definition) is 3. The largest absolute Gasteiger partial charge is 0.496 e. The number of anilines is 1. The molecule has 1 aliphatic carbocycles. The van der Waals surface area contributed by atoms with Gasteiger partial charge in [0.2, 0.25) is 5.91 Å². The van der Waals surface area contributed by atoms with Crippen LogP contribution in [0.3, 0.4) is 0 Å². The van der Waals surface area contributed by atoms with E-state index in [0.29, 0.717) is 47.0 Å². The van der Waals surface area contributed by atoms with E-state index in [1.54, 1.807) is 49.7 Å². The molecule has 2 aromatic carbocycles. The number of carbonyl (C=O) groups is 3. The molecule has 0 saturated carbocycles. The van der Waals surface area contributed by atoms with Crippen LogP contribution in [-0.2, 0) is 16.2 Å². The number of nitrogens with zero attached hydrogens (tertiary/aromatic N) is 1. The Morgan fingerprint density at radius 1 is 1.12 bits per heavy atom. The van der Waals surface area contributed by atoms with Gasteiger partial charge in [0.05, 0.1) is 18.6 Å². The molecular weight excluding hydrogens is 520 g/mol. The number of nitrogens with two attached hydrogens (primary N) is 1. The summed E-state index contributed by atoms with van der Waals surface area (Å²) in [4.78, 5) is 43.3. The number of allylic oxidation sites excluding steroid dienone is 2. The van der Waals surface area contributed by atoms with Gasteiger partial charge in [-0.3, -0.25) is 14.4 Å². The van der Waals surface area contributed by atoms with Crippen LogP contribution in [-0.4, -0.2) is 29.7 Å². The van der Waals surface area contributed by atoms with E-state index in [2.05, 4.69) is 22.2 Å². The van der Waals surface area contributed by atoms with E-state index in [0.717, 1.165) is 23.2 Å². The molecule has 0 fully saturated rings. The second-order valence-corrected chi connectivity index (χ2v) is 10.2. The van der Waals surface area contributed by atoms with Crippen molar-refractivity contribution in [2.75, 3.05) is 12.4 Å². The molecule has 0 bridgehead atoms. The Kier molecular flexibility index (Phi) is 7.87. The summed E-state index contributed by atoms with van der Waals surface area (Å²) in [5, 5.41) is 6.18. The highest BCUT2D eigenvalue weighted by Crippen LogP contribution is 2.45. The van der Waals surface area contributed by atoms with Crippen molar-refractivity contribution in [2.45, 2.75) is 38.7 Å². The molecule has 2 amide bonds. The number of amides is 2. The number of pyridine rings is 1. The summed E-state index contributed by atoms with van der Waals surface area (Å²) in [5.74, 6) is -0.943. The van der Waals surface area contributed by atoms with Crippen LogP contribution in [0.25, 0.3) is 0 Å². The van der Waals surface area contributed by atoms with E-state index >= 15 is 0 Å². The van der Waals surface area contributed by atoms with Crippen LogP contribution in [0.2, 0.25) is 0 Å². The first-order valence-corrected chi connectivity index (χ1v) is 13.4. The fourth-order valence-electron chi connectivity index (χ4n) is 5.53. The predicted octanol–water partition coefficient (Wildman–Crippen LogP) is 4.54. The molecule has 2 aliphatic rings. The highest BCUT2D eigenvalue weighted by Gasteiger charge is 2.43. The van der Waals surface area contributed by atoms with Crippen LogP contribution in [0, 0.1) is 12.8 Å². The Balaban J connectivity index is 1.54. The standard InChI is InChI=1S/C32H32N4O5/c1-18-13-14-34-27(15-18)36-32(39)28-19(2)35-23-8-6-9-24(37)30(23)29(28)20-11-12-25(40-3)21(16-20)17-41-26-10-5-4-7-22(26)31(33)38/h4-5,7,10-16,28-29,35H,2,6,8-9,17H2,1,3H3,(H2,33,38)(H,34,36,39). The second kappa shape index (κ2) is 11.7. The number of benzene rings is 2. The topological polar surface area (TPSA) is 133 Å². The second-order valence-electron chi connectivity index (χ2n) is 10.2. The Morgan fingerprint density at radius 2 is 1.93 bits per heavy atom. The van der Waals surface area contributed by atoms with E-state index in [4.69, 9.17) is 15.2 Å². The van der Waals surface area contributed by atoms with Crippen molar-refractivity contribution in [2.24, 2.45) is 11.7 Å². The van der Waals surface area contributed by atoms with Crippen molar-refractivity contribution in [1.82, 2.24) is 10.3 Å². The maximum Gasteiger partial charge on any atom is 0.252 e. The molecule has 4 N–H and O–H groups in total. The van der Waals surface area contributed by atoms with Crippen LogP contribution in [0.4, 0.5) is 5.82 Å². The molecule has 210 valence electrons. The number of ketones is 1. The van der Waals surface area contributed by atoms with Crippen molar-refractivity contribution in [3.8, 4) is 11.5 Å². The minimum atomic E-state index is -0.782. The fourth-order valence-corrected chi connectivity index (χ4v) is 5.53. The zero-order valence-corrected chi connectivity index (χ0v) is 23.0. The molecule has 41 heavy (non-hydrogen) atoms. The molecule has 2 atom stereocenters. The van der Waals surface area contributed by atoms with Crippen molar-refractivity contribution in [3.63, 3.8) is 0 Å². The normalized spacial score (nSPS) is 18.3. The summed E-state index contributed by atoms with van der Waals surface area (Å²) < 4.78 is 11.6. The van der Waals surface area contributed by atoms with Gasteiger partial charge < -0.3 is 25.8 Å². The van der Waals surface area contributed by atoms with Gasteiger partial charge in [-0.25, -0.2) is 4.98 Å². The van der Waals surface area contributed by atoms with Crippen LogP contribution in [0.1, 0.15) is 52.2 Å². The fraction of sp³-hybridized carbons (Fsp3) is 0.250. The van der Waals surface area contributed by atoms with Gasteiger partial charge in [-0.2, -0.15) is 0 Å². The molecule has 1 aromatic heterocycles. The maximum atomic E-state index is 13.8. The lowest BCUT2D eigenvalue weighted by molar-refractivity contribution is -0.120. The van der Waals surface area contributed by atoms with Gasteiger partial charge in [0.1, 0.15) is 23.9 Å². The number of para-hydroxylation sites is 1. The van der Waals surface area contributed by atoms with Crippen molar-refractivity contribution >= 4 is 23.4 Å². The lowest BCUT2D eigenvalue weighted by atomic mass is 9.71. The third kappa shape index (κ3) is 5.70. The van der Waals surface area contributed by atoms with Crippen molar-refractivity contribution < 1.29 is 23.9 Å². The molecule has 3 aromatic rings. The Bertz CT molecular complexity index is 1580. The number of ether oxygens (including phenoxy) is 2.